The molecule has 11 nitrogen and oxygen atoms in total. The zero-order chi connectivity index (χ0) is 39.0. The second kappa shape index (κ2) is 33.1. The molecule has 53 heavy (non-hydrogen) atoms. The van der Waals surface area contributed by atoms with Crippen molar-refractivity contribution >= 4 is 19.8 Å². The van der Waals surface area contributed by atoms with E-state index in [1.165, 1.54) is 116 Å². The maximum Gasteiger partial charge on any atom is 0.472 e. The van der Waals surface area contributed by atoms with E-state index in [2.05, 4.69) is 13.8 Å². The Bertz CT molecular complexity index is 936. The highest BCUT2D eigenvalue weighted by molar-refractivity contribution is 7.47. The lowest BCUT2D eigenvalue weighted by Gasteiger charge is -2.35. The van der Waals surface area contributed by atoms with Gasteiger partial charge in [0, 0.05) is 12.8 Å². The lowest BCUT2D eigenvalue weighted by molar-refractivity contribution is -0.161. The second-order valence-electron chi connectivity index (χ2n) is 15.3. The van der Waals surface area contributed by atoms with Gasteiger partial charge in [-0.15, -0.1) is 0 Å². The summed E-state index contributed by atoms with van der Waals surface area (Å²) in [6, 6.07) is 0. The molecular weight excluding hydrogens is 699 g/mol. The summed E-state index contributed by atoms with van der Waals surface area (Å²) in [6.45, 7) is 3.57. The van der Waals surface area contributed by atoms with Gasteiger partial charge in [-0.3, -0.25) is 18.6 Å². The molecule has 314 valence electrons. The van der Waals surface area contributed by atoms with Gasteiger partial charge in [0.15, 0.2) is 6.10 Å². The standard InChI is InChI=1S/C41H79O11P/c1-3-5-7-9-11-13-15-17-19-21-23-25-27-29-38(43)49-33-35(34-50-53(47,48)52-37-32-31-36(42)40(45)41(37)46)51-39(44)30-28-26-24-22-20-18-16-14-12-10-8-6-4-2/h35-37,40-42,45-46H,3-34H2,1-2H3,(H,47,48)/t35-,36-,37-,40+,41+/m1/s1. The van der Waals surface area contributed by atoms with E-state index in [9.17, 15) is 34.4 Å². The van der Waals surface area contributed by atoms with Gasteiger partial charge in [-0.1, -0.05) is 168 Å². The Labute approximate surface area is 322 Å². The van der Waals surface area contributed by atoms with Crippen LogP contribution in [0, 0.1) is 0 Å². The average Bonchev–Trinajstić information content (AvgIpc) is 3.13. The highest BCUT2D eigenvalue weighted by Gasteiger charge is 2.41. The van der Waals surface area contributed by atoms with Crippen LogP contribution in [0.15, 0.2) is 0 Å². The van der Waals surface area contributed by atoms with Gasteiger partial charge in [0.2, 0.25) is 0 Å². The van der Waals surface area contributed by atoms with E-state index >= 15 is 0 Å². The molecule has 1 fully saturated rings. The number of unbranched alkanes of at least 4 members (excludes halogenated alkanes) is 24. The molecule has 1 rings (SSSR count). The van der Waals surface area contributed by atoms with E-state index in [0.29, 0.717) is 12.8 Å². The fourth-order valence-electron chi connectivity index (χ4n) is 6.81. The maximum absolute atomic E-state index is 12.7. The molecule has 0 aromatic carbocycles. The first-order chi connectivity index (χ1) is 25.6. The Morgan fingerprint density at radius 3 is 1.40 bits per heavy atom. The second-order valence-corrected chi connectivity index (χ2v) is 16.7. The average molecular weight is 779 g/mol. The number of aliphatic hydroxyl groups is 3. The summed E-state index contributed by atoms with van der Waals surface area (Å²) >= 11 is 0. The summed E-state index contributed by atoms with van der Waals surface area (Å²) in [5.41, 5.74) is 0. The number of esters is 2. The van der Waals surface area contributed by atoms with E-state index < -0.39 is 56.9 Å². The summed E-state index contributed by atoms with van der Waals surface area (Å²) in [4.78, 5) is 35.5. The number of phosphoric ester groups is 1. The van der Waals surface area contributed by atoms with E-state index in [0.717, 1.165) is 38.5 Å². The monoisotopic (exact) mass is 779 g/mol. The molecular formula is C41H79O11P. The lowest BCUT2D eigenvalue weighted by atomic mass is 9.90. The Kier molecular flexibility index (Phi) is 31.2. The van der Waals surface area contributed by atoms with E-state index in [-0.39, 0.29) is 32.3 Å². The van der Waals surface area contributed by atoms with Crippen LogP contribution in [0.1, 0.15) is 206 Å². The van der Waals surface area contributed by atoms with Crippen molar-refractivity contribution in [3.05, 3.63) is 0 Å². The van der Waals surface area contributed by atoms with Gasteiger partial charge in [0.1, 0.15) is 18.8 Å². The van der Waals surface area contributed by atoms with Crippen molar-refractivity contribution in [2.75, 3.05) is 13.2 Å². The summed E-state index contributed by atoms with van der Waals surface area (Å²) < 4.78 is 33.8. The number of phosphoric acid groups is 1. The summed E-state index contributed by atoms with van der Waals surface area (Å²) in [5.74, 6) is -0.949. The smallest absolute Gasteiger partial charge is 0.462 e. The molecule has 0 aliphatic heterocycles. The highest BCUT2D eigenvalue weighted by atomic mass is 31.2. The van der Waals surface area contributed by atoms with Crippen molar-refractivity contribution in [2.24, 2.45) is 0 Å². The minimum Gasteiger partial charge on any atom is -0.462 e. The van der Waals surface area contributed by atoms with Crippen molar-refractivity contribution in [3.8, 4) is 0 Å². The normalized spacial score (nSPS) is 20.6. The first-order valence-corrected chi connectivity index (χ1v) is 23.1. The molecule has 0 amide bonds. The largest absolute Gasteiger partial charge is 0.472 e. The van der Waals surface area contributed by atoms with E-state index in [1.54, 1.807) is 0 Å². The summed E-state index contributed by atoms with van der Waals surface area (Å²) in [7, 11) is -4.77. The van der Waals surface area contributed by atoms with Gasteiger partial charge in [-0.2, -0.15) is 0 Å². The van der Waals surface area contributed by atoms with Crippen LogP contribution in [0.4, 0.5) is 0 Å². The number of hydrogen-bond acceptors (Lipinski definition) is 10. The zero-order valence-electron chi connectivity index (χ0n) is 33.6. The van der Waals surface area contributed by atoms with E-state index in [1.807, 2.05) is 0 Å². The topological polar surface area (TPSA) is 169 Å². The predicted molar refractivity (Wildman–Crippen MR) is 209 cm³/mol. The van der Waals surface area contributed by atoms with Gasteiger partial charge in [-0.25, -0.2) is 4.57 Å². The van der Waals surface area contributed by atoms with Crippen molar-refractivity contribution in [1.29, 1.82) is 0 Å². The van der Waals surface area contributed by atoms with Crippen molar-refractivity contribution in [3.63, 3.8) is 0 Å². The molecule has 12 heteroatoms. The number of hydrogen-bond donors (Lipinski definition) is 4. The van der Waals surface area contributed by atoms with Gasteiger partial charge in [-0.05, 0) is 25.7 Å². The van der Waals surface area contributed by atoms with Gasteiger partial charge in [0.05, 0.1) is 18.8 Å². The zero-order valence-corrected chi connectivity index (χ0v) is 34.5. The van der Waals surface area contributed by atoms with Crippen molar-refractivity contribution in [1.82, 2.24) is 0 Å². The maximum atomic E-state index is 12.7. The minimum atomic E-state index is -4.77. The first-order valence-electron chi connectivity index (χ1n) is 21.6. The fourth-order valence-corrected chi connectivity index (χ4v) is 7.80. The molecule has 0 aromatic rings. The SMILES string of the molecule is CCCCCCCCCCCCCCCC(=O)OC[C@H](COP(=O)(O)O[C@@H]1CC[C@@H](O)[C@H](O)[C@H]1O)OC(=O)CCCCCCCCCCCCCCC. The number of carbonyl (C=O) groups excluding carboxylic acids is 2. The number of rotatable bonds is 36. The van der Waals surface area contributed by atoms with Crippen LogP contribution in [0.2, 0.25) is 0 Å². The predicted octanol–water partition coefficient (Wildman–Crippen LogP) is 9.78. The number of carbonyl (C=O) groups is 2. The fraction of sp³-hybridized carbons (Fsp3) is 0.951. The molecule has 6 atom stereocenters. The minimum absolute atomic E-state index is 0.0294. The Hall–Kier alpha value is -1.07. The van der Waals surface area contributed by atoms with Crippen LogP contribution >= 0.6 is 7.82 Å². The van der Waals surface area contributed by atoms with Crippen LogP contribution in [-0.4, -0.2) is 75.9 Å². The highest BCUT2D eigenvalue weighted by Crippen LogP contribution is 2.47. The number of aliphatic hydroxyl groups excluding tert-OH is 3. The lowest BCUT2D eigenvalue weighted by Crippen LogP contribution is -2.49. The molecule has 0 spiro atoms. The first kappa shape index (κ1) is 49.9. The molecule has 0 aromatic heterocycles. The van der Waals surface area contributed by atoms with E-state index in [4.69, 9.17) is 18.5 Å². The van der Waals surface area contributed by atoms with Crippen LogP contribution in [0.25, 0.3) is 0 Å². The molecule has 0 heterocycles. The Balaban J connectivity index is 2.39. The number of ether oxygens (including phenoxy) is 2. The quantitative estimate of drug-likeness (QED) is 0.0271. The molecule has 1 aliphatic carbocycles. The van der Waals surface area contributed by atoms with Crippen LogP contribution in [0.5, 0.6) is 0 Å². The summed E-state index contributed by atoms with van der Waals surface area (Å²) in [6.07, 6.45) is 24.8. The summed E-state index contributed by atoms with van der Waals surface area (Å²) in [5, 5.41) is 29.8. The third kappa shape index (κ3) is 28.1. The molecule has 1 aliphatic rings. The van der Waals surface area contributed by atoms with Gasteiger partial charge >= 0.3 is 19.8 Å². The Morgan fingerprint density at radius 1 is 0.566 bits per heavy atom. The molecule has 0 bridgehead atoms. The van der Waals surface area contributed by atoms with Crippen LogP contribution < -0.4 is 0 Å². The van der Waals surface area contributed by atoms with Crippen molar-refractivity contribution < 1.29 is 52.9 Å². The molecule has 0 saturated heterocycles. The molecule has 1 saturated carbocycles. The van der Waals surface area contributed by atoms with Gasteiger partial charge < -0.3 is 29.7 Å². The Morgan fingerprint density at radius 2 is 0.962 bits per heavy atom. The third-order valence-corrected chi connectivity index (χ3v) is 11.3. The van der Waals surface area contributed by atoms with Crippen molar-refractivity contribution in [2.45, 2.75) is 237 Å². The third-order valence-electron chi connectivity index (χ3n) is 10.3. The molecule has 4 N–H and O–H groups in total. The van der Waals surface area contributed by atoms with Gasteiger partial charge in [0.25, 0.3) is 0 Å². The van der Waals surface area contributed by atoms with Crippen LogP contribution in [-0.2, 0) is 32.7 Å². The van der Waals surface area contributed by atoms with Crippen LogP contribution in [0.3, 0.4) is 0 Å². The molecule has 0 radical (unpaired) electrons. The molecule has 1 unspecified atom stereocenters.